The minimum absolute atomic E-state index is 0.00987. The Morgan fingerprint density at radius 2 is 1.65 bits per heavy atom. The average Bonchev–Trinajstić information content (AvgIpc) is 2.38. The van der Waals surface area contributed by atoms with E-state index >= 15 is 0 Å². The van der Waals surface area contributed by atoms with Gasteiger partial charge < -0.3 is 0 Å². The van der Waals surface area contributed by atoms with E-state index in [1.165, 1.54) is 18.5 Å². The number of aromatic nitrogens is 1. The summed E-state index contributed by atoms with van der Waals surface area (Å²) in [4.78, 5) is 3.65. The molecule has 0 aliphatic carbocycles. The lowest BCUT2D eigenvalue weighted by Crippen LogP contribution is -2.52. The minimum atomic E-state index is -3.79. The zero-order chi connectivity index (χ0) is 15.0. The molecule has 1 aliphatic heterocycles. The first-order valence-corrected chi connectivity index (χ1v) is 8.92. The number of rotatable bonds is 3. The van der Waals surface area contributed by atoms with Gasteiger partial charge in [0.2, 0.25) is 10.0 Å². The third-order valence-corrected chi connectivity index (χ3v) is 6.36. The van der Waals surface area contributed by atoms with Crippen LogP contribution in [0, 0.1) is 0 Å². The van der Waals surface area contributed by atoms with Crippen LogP contribution in [0.2, 0.25) is 5.02 Å². The van der Waals surface area contributed by atoms with E-state index in [4.69, 9.17) is 16.7 Å². The number of sulfonamides is 1. The van der Waals surface area contributed by atoms with E-state index < -0.39 is 20.2 Å². The Bertz CT molecular complexity index is 698. The number of nitrogens with two attached hydrogens (primary N) is 1. The molecule has 0 atom stereocenters. The second-order valence-corrected chi connectivity index (χ2v) is 8.01. The van der Waals surface area contributed by atoms with E-state index in [1.54, 1.807) is 0 Å². The molecule has 20 heavy (non-hydrogen) atoms. The van der Waals surface area contributed by atoms with Crippen LogP contribution in [0.4, 0.5) is 0 Å². The molecule has 2 rings (SSSR count). The molecule has 11 heteroatoms. The van der Waals surface area contributed by atoms with Crippen molar-refractivity contribution in [2.24, 2.45) is 5.14 Å². The highest BCUT2D eigenvalue weighted by Gasteiger charge is 2.32. The van der Waals surface area contributed by atoms with Gasteiger partial charge in [-0.05, 0) is 6.07 Å². The Morgan fingerprint density at radius 1 is 1.10 bits per heavy atom. The van der Waals surface area contributed by atoms with Crippen molar-refractivity contribution in [3.05, 3.63) is 23.5 Å². The predicted octanol–water partition coefficient (Wildman–Crippen LogP) is -0.755. The summed E-state index contributed by atoms with van der Waals surface area (Å²) in [5, 5.41) is 5.08. The molecule has 0 spiro atoms. The van der Waals surface area contributed by atoms with E-state index in [9.17, 15) is 16.8 Å². The minimum Gasteiger partial charge on any atom is -0.263 e. The maximum Gasteiger partial charge on any atom is 0.276 e. The molecule has 2 N–H and O–H groups in total. The van der Waals surface area contributed by atoms with Gasteiger partial charge in [-0.2, -0.15) is 17.0 Å². The van der Waals surface area contributed by atoms with Crippen LogP contribution in [0.1, 0.15) is 0 Å². The van der Waals surface area contributed by atoms with Gasteiger partial charge >= 0.3 is 0 Å². The van der Waals surface area contributed by atoms with Crippen molar-refractivity contribution in [2.45, 2.75) is 4.90 Å². The number of hydrogen-bond donors (Lipinski definition) is 1. The van der Waals surface area contributed by atoms with Gasteiger partial charge in [-0.3, -0.25) is 4.98 Å². The zero-order valence-corrected chi connectivity index (χ0v) is 12.7. The zero-order valence-electron chi connectivity index (χ0n) is 10.3. The summed E-state index contributed by atoms with van der Waals surface area (Å²) >= 11 is 5.86. The van der Waals surface area contributed by atoms with Crippen molar-refractivity contribution < 1.29 is 16.8 Å². The monoisotopic (exact) mass is 340 g/mol. The van der Waals surface area contributed by atoms with E-state index in [0.717, 1.165) is 8.61 Å². The van der Waals surface area contributed by atoms with Crippen molar-refractivity contribution in [3.63, 3.8) is 0 Å². The lowest BCUT2D eigenvalue weighted by molar-refractivity contribution is 0.273. The van der Waals surface area contributed by atoms with Crippen LogP contribution in [0.3, 0.4) is 0 Å². The molecular formula is C9H13ClN4O4S2. The smallest absolute Gasteiger partial charge is 0.263 e. The lowest BCUT2D eigenvalue weighted by Gasteiger charge is -2.32. The maximum atomic E-state index is 12.4. The summed E-state index contributed by atoms with van der Waals surface area (Å²) in [6, 6.07) is 1.38. The van der Waals surface area contributed by atoms with E-state index in [1.807, 2.05) is 0 Å². The summed E-state index contributed by atoms with van der Waals surface area (Å²) in [5.74, 6) is 0. The second kappa shape index (κ2) is 5.54. The molecule has 8 nitrogen and oxygen atoms in total. The summed E-state index contributed by atoms with van der Waals surface area (Å²) in [6.45, 7) is 0.0554. The Kier molecular flexibility index (Phi) is 4.33. The third-order valence-electron chi connectivity index (χ3n) is 2.91. The van der Waals surface area contributed by atoms with Crippen LogP contribution >= 0.6 is 11.6 Å². The molecule has 1 saturated heterocycles. The molecule has 0 saturated carbocycles. The Labute approximate surface area is 122 Å². The number of piperazine rings is 1. The molecule has 0 unspecified atom stereocenters. The van der Waals surface area contributed by atoms with Gasteiger partial charge in [-0.25, -0.2) is 13.6 Å². The molecule has 112 valence electrons. The first kappa shape index (κ1) is 15.6. The van der Waals surface area contributed by atoms with Crippen LogP contribution in [0.5, 0.6) is 0 Å². The highest BCUT2D eigenvalue weighted by Crippen LogP contribution is 2.24. The molecule has 2 heterocycles. The van der Waals surface area contributed by atoms with Crippen LogP contribution in [0.15, 0.2) is 23.4 Å². The van der Waals surface area contributed by atoms with Gasteiger partial charge in [-0.15, -0.1) is 0 Å². The van der Waals surface area contributed by atoms with E-state index in [-0.39, 0.29) is 36.1 Å². The first-order chi connectivity index (χ1) is 9.23. The highest BCUT2D eigenvalue weighted by molar-refractivity contribution is 7.89. The quantitative estimate of drug-likeness (QED) is 0.777. The molecule has 1 aromatic rings. The maximum absolute atomic E-state index is 12.4. The van der Waals surface area contributed by atoms with E-state index in [0.29, 0.717) is 0 Å². The summed E-state index contributed by atoms with van der Waals surface area (Å²) in [5.41, 5.74) is 0. The van der Waals surface area contributed by atoms with Crippen LogP contribution in [-0.4, -0.2) is 56.6 Å². The summed E-state index contributed by atoms with van der Waals surface area (Å²) in [7, 11) is -7.58. The molecule has 0 aromatic carbocycles. The van der Waals surface area contributed by atoms with Gasteiger partial charge in [0, 0.05) is 38.6 Å². The molecule has 1 aromatic heterocycles. The standard InChI is InChI=1S/C9H13ClN4O4S2/c10-8-1-2-12-7-9(8)19(15,16)13-3-5-14(6-4-13)20(11,17)18/h1-2,7H,3-6H2,(H2,11,17,18). The van der Waals surface area contributed by atoms with Crippen molar-refractivity contribution in [1.29, 1.82) is 0 Å². The fourth-order valence-electron chi connectivity index (χ4n) is 1.86. The molecule has 0 radical (unpaired) electrons. The summed E-state index contributed by atoms with van der Waals surface area (Å²) < 4.78 is 49.3. The fraction of sp³-hybridized carbons (Fsp3) is 0.444. The van der Waals surface area contributed by atoms with Crippen LogP contribution in [0.25, 0.3) is 0 Å². The number of nitrogens with zero attached hydrogens (tertiary/aromatic N) is 3. The Hall–Kier alpha value is -0.780. The van der Waals surface area contributed by atoms with Crippen molar-refractivity contribution >= 4 is 31.8 Å². The lowest BCUT2D eigenvalue weighted by atomic mass is 10.4. The van der Waals surface area contributed by atoms with Crippen LogP contribution in [-0.2, 0) is 20.2 Å². The molecule has 1 fully saturated rings. The van der Waals surface area contributed by atoms with Gasteiger partial charge in [-0.1, -0.05) is 11.6 Å². The fourth-order valence-corrected chi connectivity index (χ4v) is 4.36. The summed E-state index contributed by atoms with van der Waals surface area (Å²) in [6.07, 6.45) is 2.56. The van der Waals surface area contributed by atoms with Gasteiger partial charge in [0.25, 0.3) is 10.2 Å². The van der Waals surface area contributed by atoms with Crippen LogP contribution < -0.4 is 5.14 Å². The number of halogens is 1. The Morgan fingerprint density at radius 3 is 2.15 bits per heavy atom. The normalized spacial score (nSPS) is 19.1. The van der Waals surface area contributed by atoms with Crippen molar-refractivity contribution in [1.82, 2.24) is 13.6 Å². The van der Waals surface area contributed by atoms with E-state index in [2.05, 4.69) is 4.98 Å². The van der Waals surface area contributed by atoms with Gasteiger partial charge in [0.15, 0.2) is 0 Å². The number of hydrogen-bond acceptors (Lipinski definition) is 5. The first-order valence-electron chi connectivity index (χ1n) is 5.60. The molecule has 0 amide bonds. The largest absolute Gasteiger partial charge is 0.276 e. The Balaban J connectivity index is 2.20. The average molecular weight is 341 g/mol. The molecule has 0 bridgehead atoms. The van der Waals surface area contributed by atoms with Gasteiger partial charge in [0.1, 0.15) is 4.90 Å². The third kappa shape index (κ3) is 3.10. The molecule has 1 aliphatic rings. The topological polar surface area (TPSA) is 114 Å². The van der Waals surface area contributed by atoms with Crippen molar-refractivity contribution in [2.75, 3.05) is 26.2 Å². The van der Waals surface area contributed by atoms with Gasteiger partial charge in [0.05, 0.1) is 5.02 Å². The molecular weight excluding hydrogens is 328 g/mol. The number of pyridine rings is 1. The SMILES string of the molecule is NS(=O)(=O)N1CCN(S(=O)(=O)c2cnccc2Cl)CC1. The second-order valence-electron chi connectivity index (χ2n) is 4.15. The highest BCUT2D eigenvalue weighted by atomic mass is 35.5. The predicted molar refractivity (Wildman–Crippen MR) is 72.7 cm³/mol. The van der Waals surface area contributed by atoms with Crippen molar-refractivity contribution in [3.8, 4) is 0 Å².